The molecule has 0 atom stereocenters. The van der Waals surface area contributed by atoms with E-state index in [1.54, 1.807) is 19.5 Å². The van der Waals surface area contributed by atoms with Crippen LogP contribution in [0.4, 0.5) is 5.88 Å². The molecule has 0 spiro atoms. The number of ether oxygens (including phenoxy) is 1. The molecule has 6 heteroatoms. The summed E-state index contributed by atoms with van der Waals surface area (Å²) in [5, 5.41) is 10.6. The van der Waals surface area contributed by atoms with Gasteiger partial charge >= 0.3 is 0 Å². The molecule has 0 aliphatic heterocycles. The summed E-state index contributed by atoms with van der Waals surface area (Å²) in [6.07, 6.45) is 3.40. The SMILES string of the molecule is COc1ccccc1-c1c(-c2cn[nH]c2)noc1N. The van der Waals surface area contributed by atoms with Gasteiger partial charge in [0.05, 0.1) is 18.9 Å². The third kappa shape index (κ3) is 1.83. The summed E-state index contributed by atoms with van der Waals surface area (Å²) in [6, 6.07) is 7.57. The number of hydrogen-bond donors (Lipinski definition) is 2. The molecule has 1 aromatic carbocycles. The summed E-state index contributed by atoms with van der Waals surface area (Å²) in [7, 11) is 1.61. The van der Waals surface area contributed by atoms with Crippen LogP contribution < -0.4 is 10.5 Å². The zero-order valence-corrected chi connectivity index (χ0v) is 10.3. The number of nitrogens with zero attached hydrogens (tertiary/aromatic N) is 2. The van der Waals surface area contributed by atoms with E-state index in [0.717, 1.165) is 11.1 Å². The fraction of sp³-hybridized carbons (Fsp3) is 0.0769. The van der Waals surface area contributed by atoms with Gasteiger partial charge in [0, 0.05) is 17.3 Å². The molecule has 0 amide bonds. The summed E-state index contributed by atoms with van der Waals surface area (Å²) in [4.78, 5) is 0. The van der Waals surface area contributed by atoms with Crippen LogP contribution in [0.5, 0.6) is 5.75 Å². The molecule has 0 unspecified atom stereocenters. The van der Waals surface area contributed by atoms with Crippen molar-refractivity contribution in [2.75, 3.05) is 12.8 Å². The molecule has 19 heavy (non-hydrogen) atoms. The van der Waals surface area contributed by atoms with Crippen LogP contribution in [0.25, 0.3) is 22.4 Å². The predicted octanol–water partition coefficient (Wildman–Crippen LogP) is 2.32. The summed E-state index contributed by atoms with van der Waals surface area (Å²) in [5.41, 5.74) is 8.87. The van der Waals surface area contributed by atoms with Crippen LogP contribution in [0, 0.1) is 0 Å². The third-order valence-electron chi connectivity index (χ3n) is 2.87. The van der Waals surface area contributed by atoms with Gasteiger partial charge in [0.2, 0.25) is 5.88 Å². The van der Waals surface area contributed by atoms with Gasteiger partial charge in [-0.15, -0.1) is 0 Å². The molecule has 0 radical (unpaired) electrons. The minimum absolute atomic E-state index is 0.251. The van der Waals surface area contributed by atoms with Gasteiger partial charge in [-0.05, 0) is 6.07 Å². The Bertz CT molecular complexity index is 688. The number of H-pyrrole nitrogens is 1. The van der Waals surface area contributed by atoms with Crippen LogP contribution >= 0.6 is 0 Å². The summed E-state index contributed by atoms with van der Waals surface area (Å²) in [5.74, 6) is 0.961. The van der Waals surface area contributed by atoms with E-state index in [4.69, 9.17) is 15.0 Å². The number of benzene rings is 1. The minimum atomic E-state index is 0.251. The average Bonchev–Trinajstić information content (AvgIpc) is 3.07. The quantitative estimate of drug-likeness (QED) is 0.750. The van der Waals surface area contributed by atoms with Crippen LogP contribution in [0.3, 0.4) is 0 Å². The molecule has 6 nitrogen and oxygen atoms in total. The highest BCUT2D eigenvalue weighted by Crippen LogP contribution is 2.40. The molecular weight excluding hydrogens is 244 g/mol. The number of aromatic nitrogens is 3. The Morgan fingerprint density at radius 2 is 2.16 bits per heavy atom. The lowest BCUT2D eigenvalue weighted by Gasteiger charge is -2.07. The number of nitrogens with two attached hydrogens (primary N) is 1. The second-order valence-electron chi connectivity index (χ2n) is 3.96. The van der Waals surface area contributed by atoms with E-state index >= 15 is 0 Å². The molecule has 0 saturated heterocycles. The zero-order chi connectivity index (χ0) is 13.2. The molecule has 0 fully saturated rings. The van der Waals surface area contributed by atoms with Crippen molar-refractivity contribution in [1.82, 2.24) is 15.4 Å². The maximum Gasteiger partial charge on any atom is 0.230 e. The van der Waals surface area contributed by atoms with Crippen molar-refractivity contribution in [3.8, 4) is 28.1 Å². The summed E-state index contributed by atoms with van der Waals surface area (Å²) in [6.45, 7) is 0. The van der Waals surface area contributed by atoms with Gasteiger partial charge in [-0.25, -0.2) is 0 Å². The highest BCUT2D eigenvalue weighted by molar-refractivity contribution is 5.89. The lowest BCUT2D eigenvalue weighted by molar-refractivity contribution is 0.416. The van der Waals surface area contributed by atoms with E-state index in [-0.39, 0.29) is 5.88 Å². The van der Waals surface area contributed by atoms with E-state index in [1.807, 2.05) is 24.3 Å². The molecule has 3 N–H and O–H groups in total. The molecule has 0 aliphatic carbocycles. The average molecular weight is 256 g/mol. The van der Waals surface area contributed by atoms with Crippen LogP contribution in [-0.4, -0.2) is 22.5 Å². The van der Waals surface area contributed by atoms with Crippen molar-refractivity contribution < 1.29 is 9.26 Å². The molecule has 96 valence electrons. The third-order valence-corrected chi connectivity index (χ3v) is 2.87. The fourth-order valence-corrected chi connectivity index (χ4v) is 1.99. The van der Waals surface area contributed by atoms with Crippen molar-refractivity contribution in [3.63, 3.8) is 0 Å². The van der Waals surface area contributed by atoms with Crippen LogP contribution in [0.1, 0.15) is 0 Å². The van der Waals surface area contributed by atoms with E-state index in [1.165, 1.54) is 0 Å². The van der Waals surface area contributed by atoms with Gasteiger partial charge < -0.3 is 15.0 Å². The Labute approximate surface area is 109 Å². The van der Waals surface area contributed by atoms with Crippen molar-refractivity contribution >= 4 is 5.88 Å². The normalized spacial score (nSPS) is 10.6. The lowest BCUT2D eigenvalue weighted by Crippen LogP contribution is -1.91. The largest absolute Gasteiger partial charge is 0.496 e. The van der Waals surface area contributed by atoms with Crippen molar-refractivity contribution in [2.24, 2.45) is 0 Å². The van der Waals surface area contributed by atoms with E-state index < -0.39 is 0 Å². The molecule has 0 bridgehead atoms. The van der Waals surface area contributed by atoms with Crippen molar-refractivity contribution in [1.29, 1.82) is 0 Å². The van der Waals surface area contributed by atoms with Gasteiger partial charge in [-0.1, -0.05) is 23.4 Å². The van der Waals surface area contributed by atoms with Crippen LogP contribution in [0.15, 0.2) is 41.2 Å². The van der Waals surface area contributed by atoms with E-state index in [0.29, 0.717) is 17.0 Å². The monoisotopic (exact) mass is 256 g/mol. The molecule has 2 heterocycles. The highest BCUT2D eigenvalue weighted by atomic mass is 16.5. The number of anilines is 1. The van der Waals surface area contributed by atoms with E-state index in [9.17, 15) is 0 Å². The lowest BCUT2D eigenvalue weighted by atomic mass is 10.0. The van der Waals surface area contributed by atoms with Gasteiger partial charge in [0.25, 0.3) is 0 Å². The molecule has 0 aliphatic rings. The van der Waals surface area contributed by atoms with Crippen molar-refractivity contribution in [2.45, 2.75) is 0 Å². The van der Waals surface area contributed by atoms with Gasteiger partial charge in [0.15, 0.2) is 0 Å². The number of rotatable bonds is 3. The van der Waals surface area contributed by atoms with Gasteiger partial charge in [-0.2, -0.15) is 5.10 Å². The molecule has 2 aromatic heterocycles. The first-order valence-corrected chi connectivity index (χ1v) is 5.69. The predicted molar refractivity (Wildman–Crippen MR) is 70.5 cm³/mol. The number of hydrogen-bond acceptors (Lipinski definition) is 5. The summed E-state index contributed by atoms with van der Waals surface area (Å²) >= 11 is 0. The zero-order valence-electron chi connectivity index (χ0n) is 10.3. The topological polar surface area (TPSA) is 90.0 Å². The fourth-order valence-electron chi connectivity index (χ4n) is 1.99. The Balaban J connectivity index is 2.23. The maximum absolute atomic E-state index is 5.89. The van der Waals surface area contributed by atoms with E-state index in [2.05, 4.69) is 15.4 Å². The first kappa shape index (κ1) is 11.3. The standard InChI is InChI=1S/C13H12N4O2/c1-18-10-5-3-2-4-9(10)11-12(17-19-13(11)14)8-6-15-16-7-8/h2-7H,14H2,1H3,(H,15,16). The Morgan fingerprint density at radius 1 is 1.32 bits per heavy atom. The minimum Gasteiger partial charge on any atom is -0.496 e. The smallest absolute Gasteiger partial charge is 0.230 e. The molecule has 3 rings (SSSR count). The number of nitrogens with one attached hydrogen (secondary N) is 1. The molecular formula is C13H12N4O2. The van der Waals surface area contributed by atoms with Crippen LogP contribution in [-0.2, 0) is 0 Å². The van der Waals surface area contributed by atoms with Gasteiger partial charge in [0.1, 0.15) is 11.4 Å². The number of methoxy groups -OCH3 is 1. The molecule has 3 aromatic rings. The Kier molecular flexibility index (Phi) is 2.68. The van der Waals surface area contributed by atoms with Gasteiger partial charge in [-0.3, -0.25) is 5.10 Å². The Morgan fingerprint density at radius 3 is 2.89 bits per heavy atom. The number of para-hydroxylation sites is 1. The first-order valence-electron chi connectivity index (χ1n) is 5.69. The van der Waals surface area contributed by atoms with Crippen molar-refractivity contribution in [3.05, 3.63) is 36.7 Å². The second-order valence-corrected chi connectivity index (χ2v) is 3.96. The summed E-state index contributed by atoms with van der Waals surface area (Å²) < 4.78 is 10.5. The number of aromatic amines is 1. The highest BCUT2D eigenvalue weighted by Gasteiger charge is 2.20. The first-order chi connectivity index (χ1) is 9.31. The van der Waals surface area contributed by atoms with Crippen LogP contribution in [0.2, 0.25) is 0 Å². The second kappa shape index (κ2) is 4.49. The number of nitrogen functional groups attached to an aromatic ring is 1. The maximum atomic E-state index is 5.89. The molecule has 0 saturated carbocycles. The Hall–Kier alpha value is -2.76.